The van der Waals surface area contributed by atoms with Crippen LogP contribution >= 0.6 is 11.6 Å². The number of nitrogens with zero attached hydrogens (tertiary/aromatic N) is 1. The van der Waals surface area contributed by atoms with Gasteiger partial charge in [0, 0.05) is 11.8 Å². The molecule has 0 aliphatic rings. The molecule has 0 saturated heterocycles. The van der Waals surface area contributed by atoms with Crippen LogP contribution in [0.15, 0.2) is 42.6 Å². The molecule has 3 nitrogen and oxygen atoms in total. The largest absolute Gasteiger partial charge is 0.271 e. The molecule has 1 atom stereocenters. The number of nitrogens with one attached hydrogen (secondary N) is 1. The Morgan fingerprint density at radius 1 is 1.24 bits per heavy atom. The number of nitrogens with two attached hydrogens (primary N) is 1. The maximum atomic E-state index is 13.7. The predicted octanol–water partition coefficient (Wildman–Crippen LogP) is 2.43. The van der Waals surface area contributed by atoms with Gasteiger partial charge >= 0.3 is 0 Å². The van der Waals surface area contributed by atoms with Gasteiger partial charge in [-0.15, -0.1) is 0 Å². The molecule has 1 heterocycles. The van der Waals surface area contributed by atoms with E-state index in [0.29, 0.717) is 16.3 Å². The van der Waals surface area contributed by atoms with Gasteiger partial charge in [0.1, 0.15) is 5.82 Å². The van der Waals surface area contributed by atoms with E-state index in [1.165, 1.54) is 6.07 Å². The normalized spacial score (nSPS) is 12.4. The van der Waals surface area contributed by atoms with Crippen LogP contribution in [0, 0.1) is 5.82 Å². The van der Waals surface area contributed by atoms with Crippen molar-refractivity contribution in [2.24, 2.45) is 5.84 Å². The first kappa shape index (κ1) is 12.0. The van der Waals surface area contributed by atoms with Crippen molar-refractivity contribution < 1.29 is 4.39 Å². The maximum Gasteiger partial charge on any atom is 0.128 e. The topological polar surface area (TPSA) is 50.9 Å². The van der Waals surface area contributed by atoms with E-state index < -0.39 is 6.04 Å². The van der Waals surface area contributed by atoms with E-state index in [1.807, 2.05) is 0 Å². The number of pyridine rings is 1. The van der Waals surface area contributed by atoms with Gasteiger partial charge in [0.25, 0.3) is 0 Å². The van der Waals surface area contributed by atoms with Gasteiger partial charge in [-0.2, -0.15) is 0 Å². The molecule has 0 saturated carbocycles. The number of aromatic nitrogens is 1. The van der Waals surface area contributed by atoms with Crippen LogP contribution < -0.4 is 11.3 Å². The van der Waals surface area contributed by atoms with E-state index in [1.54, 1.807) is 36.5 Å². The first-order chi connectivity index (χ1) is 8.24. The number of halogens is 2. The summed E-state index contributed by atoms with van der Waals surface area (Å²) in [5.74, 6) is 5.11. The van der Waals surface area contributed by atoms with Gasteiger partial charge in [-0.1, -0.05) is 29.8 Å². The molecule has 3 N–H and O–H groups in total. The van der Waals surface area contributed by atoms with Crippen molar-refractivity contribution in [2.75, 3.05) is 0 Å². The molecule has 88 valence electrons. The molecule has 1 aromatic carbocycles. The number of hydrazine groups is 1. The highest BCUT2D eigenvalue weighted by atomic mass is 35.5. The van der Waals surface area contributed by atoms with Gasteiger partial charge in [-0.05, 0) is 18.2 Å². The van der Waals surface area contributed by atoms with Crippen LogP contribution in [0.5, 0.6) is 0 Å². The van der Waals surface area contributed by atoms with Crippen LogP contribution in [0.3, 0.4) is 0 Å². The second-order valence-electron chi connectivity index (χ2n) is 3.49. The molecule has 2 aromatic rings. The average Bonchev–Trinajstić information content (AvgIpc) is 2.34. The number of hydrogen-bond donors (Lipinski definition) is 2. The van der Waals surface area contributed by atoms with Crippen LogP contribution in [-0.4, -0.2) is 4.98 Å². The third-order valence-electron chi connectivity index (χ3n) is 2.44. The van der Waals surface area contributed by atoms with Gasteiger partial charge in [-0.25, -0.2) is 9.82 Å². The zero-order valence-electron chi connectivity index (χ0n) is 8.90. The highest BCUT2D eigenvalue weighted by Gasteiger charge is 2.19. The third-order valence-corrected chi connectivity index (χ3v) is 2.76. The van der Waals surface area contributed by atoms with Crippen molar-refractivity contribution >= 4 is 11.6 Å². The van der Waals surface area contributed by atoms with E-state index in [2.05, 4.69) is 10.4 Å². The predicted molar refractivity (Wildman–Crippen MR) is 64.8 cm³/mol. The number of rotatable bonds is 3. The molecule has 0 amide bonds. The lowest BCUT2D eigenvalue weighted by molar-refractivity contribution is 0.553. The van der Waals surface area contributed by atoms with E-state index in [0.717, 1.165) is 0 Å². The second-order valence-corrected chi connectivity index (χ2v) is 3.90. The average molecular weight is 252 g/mol. The van der Waals surface area contributed by atoms with Gasteiger partial charge in [0.15, 0.2) is 0 Å². The molecule has 2 rings (SSSR count). The Bertz CT molecular complexity index is 473. The minimum Gasteiger partial charge on any atom is -0.271 e. The Kier molecular flexibility index (Phi) is 3.68. The fourth-order valence-corrected chi connectivity index (χ4v) is 1.87. The van der Waals surface area contributed by atoms with Gasteiger partial charge in [0.05, 0.1) is 16.8 Å². The number of benzene rings is 1. The summed E-state index contributed by atoms with van der Waals surface area (Å²) in [6, 6.07) is 9.20. The SMILES string of the molecule is NNC(c1ccccc1F)c1ncccc1Cl. The zero-order chi connectivity index (χ0) is 12.3. The monoisotopic (exact) mass is 251 g/mol. The standard InChI is InChI=1S/C12H11ClFN3/c13-9-5-3-7-16-12(9)11(17-15)8-4-1-2-6-10(8)14/h1-7,11,17H,15H2. The Morgan fingerprint density at radius 2 is 2.00 bits per heavy atom. The first-order valence-corrected chi connectivity index (χ1v) is 5.43. The highest BCUT2D eigenvalue weighted by Crippen LogP contribution is 2.26. The Labute approximate surface area is 103 Å². The minimum absolute atomic E-state index is 0.350. The Balaban J connectivity index is 2.48. The molecule has 1 aromatic heterocycles. The van der Waals surface area contributed by atoms with Gasteiger partial charge < -0.3 is 0 Å². The fraction of sp³-hybridized carbons (Fsp3) is 0.0833. The molecule has 5 heteroatoms. The van der Waals surface area contributed by atoms with Crippen molar-refractivity contribution in [3.8, 4) is 0 Å². The van der Waals surface area contributed by atoms with E-state index >= 15 is 0 Å². The van der Waals surface area contributed by atoms with E-state index in [4.69, 9.17) is 17.4 Å². The van der Waals surface area contributed by atoms with Gasteiger partial charge in [0.2, 0.25) is 0 Å². The van der Waals surface area contributed by atoms with Crippen molar-refractivity contribution in [2.45, 2.75) is 6.04 Å². The lowest BCUT2D eigenvalue weighted by Crippen LogP contribution is -2.30. The van der Waals surface area contributed by atoms with Crippen LogP contribution in [0.4, 0.5) is 4.39 Å². The lowest BCUT2D eigenvalue weighted by atomic mass is 10.0. The minimum atomic E-state index is -0.565. The van der Waals surface area contributed by atoms with Crippen LogP contribution in [0.1, 0.15) is 17.3 Å². The molecular formula is C12H11ClFN3. The van der Waals surface area contributed by atoms with Crippen LogP contribution in [-0.2, 0) is 0 Å². The highest BCUT2D eigenvalue weighted by molar-refractivity contribution is 6.31. The molecule has 1 unspecified atom stereocenters. The summed E-state index contributed by atoms with van der Waals surface area (Å²) in [6.45, 7) is 0. The summed E-state index contributed by atoms with van der Waals surface area (Å²) >= 11 is 6.02. The summed E-state index contributed by atoms with van der Waals surface area (Å²) in [5.41, 5.74) is 3.44. The quantitative estimate of drug-likeness (QED) is 0.651. The van der Waals surface area contributed by atoms with E-state index in [-0.39, 0.29) is 5.82 Å². The molecule has 0 bridgehead atoms. The molecular weight excluding hydrogens is 241 g/mol. The summed E-state index contributed by atoms with van der Waals surface area (Å²) in [5, 5.41) is 0.443. The molecule has 0 aliphatic carbocycles. The summed E-state index contributed by atoms with van der Waals surface area (Å²) in [7, 11) is 0. The van der Waals surface area contributed by atoms with Crippen molar-refractivity contribution in [1.82, 2.24) is 10.4 Å². The lowest BCUT2D eigenvalue weighted by Gasteiger charge is -2.17. The molecule has 0 radical (unpaired) electrons. The zero-order valence-corrected chi connectivity index (χ0v) is 9.66. The maximum absolute atomic E-state index is 13.7. The van der Waals surface area contributed by atoms with Crippen molar-refractivity contribution in [3.63, 3.8) is 0 Å². The van der Waals surface area contributed by atoms with Crippen molar-refractivity contribution in [3.05, 3.63) is 64.7 Å². The van der Waals surface area contributed by atoms with Crippen molar-refractivity contribution in [1.29, 1.82) is 0 Å². The summed E-state index contributed by atoms with van der Waals surface area (Å²) in [4.78, 5) is 4.13. The Hall–Kier alpha value is -1.49. The fourth-order valence-electron chi connectivity index (χ4n) is 1.64. The third kappa shape index (κ3) is 2.44. The second kappa shape index (κ2) is 5.23. The van der Waals surface area contributed by atoms with Crippen LogP contribution in [0.2, 0.25) is 5.02 Å². The molecule has 0 fully saturated rings. The Morgan fingerprint density at radius 3 is 2.65 bits per heavy atom. The molecule has 17 heavy (non-hydrogen) atoms. The van der Waals surface area contributed by atoms with Crippen LogP contribution in [0.25, 0.3) is 0 Å². The smallest absolute Gasteiger partial charge is 0.128 e. The first-order valence-electron chi connectivity index (χ1n) is 5.05. The number of hydrogen-bond acceptors (Lipinski definition) is 3. The van der Waals surface area contributed by atoms with E-state index in [9.17, 15) is 4.39 Å². The molecule has 0 spiro atoms. The summed E-state index contributed by atoms with van der Waals surface area (Å²) in [6.07, 6.45) is 1.59. The molecule has 0 aliphatic heterocycles. The van der Waals surface area contributed by atoms with Gasteiger partial charge in [-0.3, -0.25) is 10.8 Å². The summed E-state index contributed by atoms with van der Waals surface area (Å²) < 4.78 is 13.7.